The molecule has 0 heterocycles. The Labute approximate surface area is 365 Å². The molecule has 3 unspecified atom stereocenters. The average molecular weight is 851 g/mol. The van der Waals surface area contributed by atoms with Crippen molar-refractivity contribution in [3.8, 4) is 0 Å². The summed E-state index contributed by atoms with van der Waals surface area (Å²) in [4.78, 5) is 25.4. The summed E-state index contributed by atoms with van der Waals surface area (Å²) in [6.07, 6.45) is 53.1. The molecule has 0 aliphatic rings. The lowest BCUT2D eigenvalue weighted by Crippen LogP contribution is -2.45. The van der Waals surface area contributed by atoms with E-state index in [1.807, 2.05) is 27.2 Å². The quantitative estimate of drug-likeness (QED) is 0.0274. The number of amides is 1. The average Bonchev–Trinajstić information content (AvgIpc) is 3.19. The van der Waals surface area contributed by atoms with Crippen LogP contribution in [0, 0.1) is 0 Å². The van der Waals surface area contributed by atoms with Crippen LogP contribution >= 0.6 is 7.82 Å². The van der Waals surface area contributed by atoms with Crippen molar-refractivity contribution < 1.29 is 32.9 Å². The first-order valence-corrected chi connectivity index (χ1v) is 26.0. The molecule has 59 heavy (non-hydrogen) atoms. The second-order valence-electron chi connectivity index (χ2n) is 17.8. The summed E-state index contributed by atoms with van der Waals surface area (Å²) in [7, 11) is 1.23. The van der Waals surface area contributed by atoms with Crippen LogP contribution in [-0.2, 0) is 18.4 Å². The number of hydrogen-bond donors (Lipinski definition) is 2. The molecule has 0 aromatic heterocycles. The molecule has 3 atom stereocenters. The van der Waals surface area contributed by atoms with Gasteiger partial charge in [-0.2, -0.15) is 0 Å². The van der Waals surface area contributed by atoms with Gasteiger partial charge >= 0.3 is 0 Å². The van der Waals surface area contributed by atoms with Crippen molar-refractivity contribution in [2.75, 3.05) is 40.9 Å². The lowest BCUT2D eigenvalue weighted by atomic mass is 10.1. The summed E-state index contributed by atoms with van der Waals surface area (Å²) < 4.78 is 23.2. The minimum atomic E-state index is -4.60. The first-order chi connectivity index (χ1) is 28.5. The number of carbonyl (C=O) groups excluding carboxylic acids is 1. The van der Waals surface area contributed by atoms with Crippen molar-refractivity contribution in [2.45, 2.75) is 225 Å². The first-order valence-electron chi connectivity index (χ1n) is 24.5. The Balaban J connectivity index is 4.44. The molecule has 0 saturated heterocycles. The molecule has 0 saturated carbocycles. The fourth-order valence-electron chi connectivity index (χ4n) is 6.83. The monoisotopic (exact) mass is 851 g/mol. The number of aliphatic hydroxyl groups is 1. The SMILES string of the molecule is CCCCCCCCCC/C=C\CCCCCCCCCC(=O)NC(COP(=O)([O-])OCC[N+](C)(C)C)C(O)/C=C/CC/C=C/CC/C=C/CCCCCCCCCC. The Morgan fingerprint density at radius 2 is 0.949 bits per heavy atom. The molecule has 0 aliphatic heterocycles. The largest absolute Gasteiger partial charge is 0.756 e. The van der Waals surface area contributed by atoms with Crippen LogP contribution in [0.1, 0.15) is 213 Å². The Hall–Kier alpha value is -1.54. The van der Waals surface area contributed by atoms with Crippen molar-refractivity contribution >= 4 is 13.7 Å². The van der Waals surface area contributed by atoms with Gasteiger partial charge in [0.05, 0.1) is 39.9 Å². The second-order valence-corrected chi connectivity index (χ2v) is 19.2. The highest BCUT2D eigenvalue weighted by Crippen LogP contribution is 2.38. The normalized spacial score (nSPS) is 14.6. The van der Waals surface area contributed by atoms with E-state index >= 15 is 0 Å². The van der Waals surface area contributed by atoms with Crippen LogP contribution in [-0.4, -0.2) is 68.5 Å². The lowest BCUT2D eigenvalue weighted by Gasteiger charge is -2.29. The van der Waals surface area contributed by atoms with Gasteiger partial charge in [-0.15, -0.1) is 0 Å². The molecule has 8 nitrogen and oxygen atoms in total. The molecule has 0 bridgehead atoms. The number of nitrogens with one attached hydrogen (secondary N) is 1. The van der Waals surface area contributed by atoms with Gasteiger partial charge in [-0.05, 0) is 70.6 Å². The van der Waals surface area contributed by atoms with Gasteiger partial charge in [0, 0.05) is 6.42 Å². The van der Waals surface area contributed by atoms with Crippen LogP contribution in [0.25, 0.3) is 0 Å². The smallest absolute Gasteiger partial charge is 0.268 e. The molecule has 0 rings (SSSR count). The van der Waals surface area contributed by atoms with Crippen molar-refractivity contribution in [3.63, 3.8) is 0 Å². The zero-order valence-corrected chi connectivity index (χ0v) is 40.1. The first kappa shape index (κ1) is 57.5. The molecule has 0 fully saturated rings. The Morgan fingerprint density at radius 3 is 1.37 bits per heavy atom. The van der Waals surface area contributed by atoms with E-state index in [4.69, 9.17) is 9.05 Å². The van der Waals surface area contributed by atoms with E-state index in [-0.39, 0.29) is 12.5 Å². The van der Waals surface area contributed by atoms with Crippen molar-refractivity contribution in [2.24, 2.45) is 0 Å². The third-order valence-corrected chi connectivity index (χ3v) is 11.7. The molecule has 1 amide bonds. The van der Waals surface area contributed by atoms with Crippen LogP contribution in [0.5, 0.6) is 0 Å². The highest BCUT2D eigenvalue weighted by atomic mass is 31.2. The number of unbranched alkanes of at least 4 members (excludes halogenated alkanes) is 25. The Morgan fingerprint density at radius 1 is 0.576 bits per heavy atom. The Kier molecular flexibility index (Phi) is 40.7. The maximum absolute atomic E-state index is 12.9. The molecule has 9 heteroatoms. The number of hydrogen-bond acceptors (Lipinski definition) is 6. The Bertz CT molecular complexity index is 1100. The highest BCUT2D eigenvalue weighted by molar-refractivity contribution is 7.45. The molecule has 0 aliphatic carbocycles. The number of likely N-dealkylation sites (N-methyl/N-ethyl adjacent to an activating group) is 1. The van der Waals surface area contributed by atoms with Crippen molar-refractivity contribution in [1.82, 2.24) is 5.32 Å². The summed E-state index contributed by atoms with van der Waals surface area (Å²) in [6, 6.07) is -0.912. The van der Waals surface area contributed by atoms with Crippen molar-refractivity contribution in [1.29, 1.82) is 0 Å². The minimum absolute atomic E-state index is 0.0106. The maximum Gasteiger partial charge on any atom is 0.268 e. The van der Waals surface area contributed by atoms with Gasteiger partial charge in [-0.3, -0.25) is 9.36 Å². The molecule has 0 spiro atoms. The fraction of sp³-hybridized carbons (Fsp3) is 0.820. The number of phosphoric ester groups is 1. The molecular weight excluding hydrogens is 756 g/mol. The summed E-state index contributed by atoms with van der Waals surface area (Å²) in [6.45, 7) is 4.61. The van der Waals surface area contributed by atoms with Gasteiger partial charge < -0.3 is 28.8 Å². The van der Waals surface area contributed by atoms with Gasteiger partial charge in [-0.25, -0.2) is 0 Å². The van der Waals surface area contributed by atoms with E-state index in [0.29, 0.717) is 17.4 Å². The van der Waals surface area contributed by atoms with Gasteiger partial charge in [0.15, 0.2) is 0 Å². The zero-order valence-electron chi connectivity index (χ0n) is 39.2. The molecule has 346 valence electrons. The highest BCUT2D eigenvalue weighted by Gasteiger charge is 2.23. The maximum atomic E-state index is 12.9. The molecular formula is C50H95N2O6P. The number of nitrogens with zero attached hydrogens (tertiary/aromatic N) is 1. The van der Waals surface area contributed by atoms with Gasteiger partial charge in [0.1, 0.15) is 13.2 Å². The number of carbonyl (C=O) groups is 1. The fourth-order valence-corrected chi connectivity index (χ4v) is 7.55. The van der Waals surface area contributed by atoms with Gasteiger partial charge in [0.25, 0.3) is 7.82 Å². The van der Waals surface area contributed by atoms with Crippen LogP contribution < -0.4 is 10.2 Å². The molecule has 0 aromatic carbocycles. The van der Waals surface area contributed by atoms with E-state index in [0.717, 1.165) is 44.9 Å². The standard InChI is InChI=1S/C50H95N2O6P/c1-6-8-10-12-14-16-18-20-22-24-26-28-30-32-34-36-38-40-42-44-50(54)51-48(47-58-59(55,56)57-46-45-52(3,4)5)49(53)43-41-39-37-35-33-31-29-27-25-23-21-19-17-15-13-11-9-7-2/h24-27,33,35,41,43,48-49,53H,6-23,28-32,34,36-40,42,44-47H2,1-5H3,(H-,51,54,55,56)/b26-24-,27-25+,35-33+,43-41+. The molecule has 0 aromatic rings. The number of quaternary nitrogens is 1. The van der Waals surface area contributed by atoms with Crippen LogP contribution in [0.15, 0.2) is 48.6 Å². The second kappa shape index (κ2) is 41.8. The van der Waals surface area contributed by atoms with Crippen molar-refractivity contribution in [3.05, 3.63) is 48.6 Å². The van der Waals surface area contributed by atoms with Gasteiger partial charge in [0.2, 0.25) is 5.91 Å². The topological polar surface area (TPSA) is 108 Å². The van der Waals surface area contributed by atoms with E-state index in [2.05, 4.69) is 55.6 Å². The number of aliphatic hydroxyl groups excluding tert-OH is 1. The predicted molar refractivity (Wildman–Crippen MR) is 251 cm³/mol. The van der Waals surface area contributed by atoms with Crippen LogP contribution in [0.4, 0.5) is 0 Å². The van der Waals surface area contributed by atoms with E-state index in [9.17, 15) is 19.4 Å². The number of rotatable bonds is 44. The summed E-state index contributed by atoms with van der Waals surface area (Å²) in [5.74, 6) is -0.216. The van der Waals surface area contributed by atoms with Crippen LogP contribution in [0.3, 0.4) is 0 Å². The van der Waals surface area contributed by atoms with E-state index in [1.165, 1.54) is 148 Å². The zero-order chi connectivity index (χ0) is 43.6. The van der Waals surface area contributed by atoms with Crippen LogP contribution in [0.2, 0.25) is 0 Å². The minimum Gasteiger partial charge on any atom is -0.756 e. The third-order valence-electron chi connectivity index (χ3n) is 10.7. The van der Waals surface area contributed by atoms with E-state index in [1.54, 1.807) is 6.08 Å². The summed E-state index contributed by atoms with van der Waals surface area (Å²) in [5, 5.41) is 13.8. The number of allylic oxidation sites excluding steroid dienone is 7. The van der Waals surface area contributed by atoms with E-state index < -0.39 is 26.6 Å². The summed E-state index contributed by atoms with van der Waals surface area (Å²) >= 11 is 0. The summed E-state index contributed by atoms with van der Waals surface area (Å²) in [5.41, 5.74) is 0. The molecule has 0 radical (unpaired) electrons. The lowest BCUT2D eigenvalue weighted by molar-refractivity contribution is -0.870. The molecule has 2 N–H and O–H groups in total. The third kappa shape index (κ3) is 44.3. The predicted octanol–water partition coefficient (Wildman–Crippen LogP) is 13.4. The van der Waals surface area contributed by atoms with Gasteiger partial charge in [-0.1, -0.05) is 184 Å². The number of phosphoric acid groups is 1.